The lowest BCUT2D eigenvalue weighted by molar-refractivity contribution is 0.202. The van der Waals surface area contributed by atoms with Crippen LogP contribution < -0.4 is 10.0 Å². The summed E-state index contributed by atoms with van der Waals surface area (Å²) < 4.78 is 27.1. The fourth-order valence-electron chi connectivity index (χ4n) is 3.21. The minimum absolute atomic E-state index is 0.110. The Labute approximate surface area is 131 Å². The minimum atomic E-state index is -3.54. The number of fused-ring (bicyclic) bond motifs is 1. The Morgan fingerprint density at radius 3 is 2.68 bits per heavy atom. The van der Waals surface area contributed by atoms with Gasteiger partial charge in [-0.25, -0.2) is 18.1 Å². The van der Waals surface area contributed by atoms with Gasteiger partial charge in [0.05, 0.1) is 11.7 Å². The maximum absolute atomic E-state index is 12.3. The van der Waals surface area contributed by atoms with Crippen molar-refractivity contribution < 1.29 is 8.42 Å². The van der Waals surface area contributed by atoms with Gasteiger partial charge in [-0.15, -0.1) is 0 Å². The fraction of sp³-hybridized carbons (Fsp3) is 0.533. The van der Waals surface area contributed by atoms with Gasteiger partial charge < -0.3 is 10.2 Å². The molecule has 3 rings (SSSR count). The van der Waals surface area contributed by atoms with E-state index in [1.165, 1.54) is 6.42 Å². The smallest absolute Gasteiger partial charge is 0.266 e. The summed E-state index contributed by atoms with van der Waals surface area (Å²) in [5.74, 6) is 0.331. The van der Waals surface area contributed by atoms with E-state index in [1.807, 2.05) is 6.07 Å². The Morgan fingerprint density at radius 2 is 1.91 bits per heavy atom. The van der Waals surface area contributed by atoms with E-state index in [2.05, 4.69) is 34.0 Å². The third-order valence-electron chi connectivity index (χ3n) is 4.31. The van der Waals surface area contributed by atoms with Gasteiger partial charge in [0.15, 0.2) is 0 Å². The summed E-state index contributed by atoms with van der Waals surface area (Å²) in [7, 11) is 0.568. The number of nitrogens with zero attached hydrogens (tertiary/aromatic N) is 2. The van der Waals surface area contributed by atoms with Gasteiger partial charge in [0, 0.05) is 6.04 Å². The first kappa shape index (κ1) is 15.3. The molecule has 0 unspecified atom stereocenters. The molecule has 22 heavy (non-hydrogen) atoms. The number of hydrogen-bond acceptors (Lipinski definition) is 4. The predicted octanol–water partition coefficient (Wildman–Crippen LogP) is 1.62. The van der Waals surface area contributed by atoms with Crippen molar-refractivity contribution in [2.45, 2.75) is 42.7 Å². The molecular weight excluding hydrogens is 300 g/mol. The Bertz CT molecular complexity index is 685. The van der Waals surface area contributed by atoms with Gasteiger partial charge in [-0.05, 0) is 39.1 Å². The normalized spacial score (nSPS) is 28.8. The number of likely N-dealkylation sites (N-methyl/N-ethyl adjacent to an activating group) is 1. The molecule has 2 aliphatic rings. The predicted molar refractivity (Wildman–Crippen MR) is 87.6 cm³/mol. The molecule has 1 aliphatic carbocycles. The van der Waals surface area contributed by atoms with Crippen molar-refractivity contribution in [3.8, 4) is 0 Å². The van der Waals surface area contributed by atoms with Crippen LogP contribution in [0.2, 0.25) is 0 Å². The van der Waals surface area contributed by atoms with E-state index in [9.17, 15) is 8.42 Å². The average molecular weight is 322 g/mol. The summed E-state index contributed by atoms with van der Waals surface area (Å²) in [4.78, 5) is 7.11. The summed E-state index contributed by atoms with van der Waals surface area (Å²) in [6.45, 7) is 0. The molecule has 0 bridgehead atoms. The largest absolute Gasteiger partial charge is 0.324 e. The van der Waals surface area contributed by atoms with Crippen molar-refractivity contribution in [3.63, 3.8) is 0 Å². The molecule has 0 saturated heterocycles. The molecule has 7 heteroatoms. The number of nitrogens with one attached hydrogen (secondary N) is 2. The number of para-hydroxylation sites is 1. The Morgan fingerprint density at radius 1 is 1.18 bits per heavy atom. The Kier molecular flexibility index (Phi) is 4.10. The summed E-state index contributed by atoms with van der Waals surface area (Å²) in [6, 6.07) is 7.33. The molecule has 2 atom stereocenters. The first-order chi connectivity index (χ1) is 10.5. The number of rotatable bonds is 2. The van der Waals surface area contributed by atoms with E-state index >= 15 is 0 Å². The van der Waals surface area contributed by atoms with Gasteiger partial charge in [-0.3, -0.25) is 0 Å². The van der Waals surface area contributed by atoms with Gasteiger partial charge in [-0.2, -0.15) is 0 Å². The van der Waals surface area contributed by atoms with Gasteiger partial charge in [-0.1, -0.05) is 25.0 Å². The number of guanidine groups is 1. The van der Waals surface area contributed by atoms with Crippen molar-refractivity contribution in [2.24, 2.45) is 4.99 Å². The maximum atomic E-state index is 12.3. The fourth-order valence-corrected chi connectivity index (χ4v) is 4.34. The van der Waals surface area contributed by atoms with Crippen molar-refractivity contribution in [1.82, 2.24) is 9.62 Å². The maximum Gasteiger partial charge on any atom is 0.266 e. The van der Waals surface area contributed by atoms with Crippen molar-refractivity contribution in [2.75, 3.05) is 19.4 Å². The second-order valence-corrected chi connectivity index (χ2v) is 7.74. The molecule has 0 amide bonds. The van der Waals surface area contributed by atoms with E-state index in [0.717, 1.165) is 19.3 Å². The Hall–Kier alpha value is -1.60. The highest BCUT2D eigenvalue weighted by molar-refractivity contribution is 7.90. The summed E-state index contributed by atoms with van der Waals surface area (Å²) >= 11 is 0. The molecule has 2 N–H and O–H groups in total. The van der Waals surface area contributed by atoms with Crippen LogP contribution in [-0.4, -0.2) is 45.5 Å². The number of hydrogen-bond donors (Lipinski definition) is 2. The zero-order chi connectivity index (χ0) is 15.7. The number of benzene rings is 1. The molecule has 1 aliphatic heterocycles. The summed E-state index contributed by atoms with van der Waals surface area (Å²) in [6.07, 6.45) is 4.41. The highest BCUT2D eigenvalue weighted by Gasteiger charge is 2.30. The third kappa shape index (κ3) is 2.96. The van der Waals surface area contributed by atoms with Crippen molar-refractivity contribution in [3.05, 3.63) is 24.3 Å². The van der Waals surface area contributed by atoms with Crippen LogP contribution in [0, 0.1) is 0 Å². The van der Waals surface area contributed by atoms with Crippen LogP contribution in [0.5, 0.6) is 0 Å². The van der Waals surface area contributed by atoms with Crippen LogP contribution >= 0.6 is 0 Å². The molecule has 1 fully saturated rings. The molecule has 1 aromatic carbocycles. The van der Waals surface area contributed by atoms with E-state index in [1.54, 1.807) is 18.2 Å². The minimum Gasteiger partial charge on any atom is -0.324 e. The molecule has 1 saturated carbocycles. The van der Waals surface area contributed by atoms with Crippen LogP contribution in [0.15, 0.2) is 34.2 Å². The lowest BCUT2D eigenvalue weighted by Crippen LogP contribution is -2.45. The van der Waals surface area contributed by atoms with Gasteiger partial charge >= 0.3 is 0 Å². The second-order valence-electron chi connectivity index (χ2n) is 6.09. The first-order valence-electron chi connectivity index (χ1n) is 7.60. The van der Waals surface area contributed by atoms with Crippen molar-refractivity contribution >= 4 is 21.7 Å². The van der Waals surface area contributed by atoms with Gasteiger partial charge in [0.1, 0.15) is 4.90 Å². The van der Waals surface area contributed by atoms with Gasteiger partial charge in [0.2, 0.25) is 5.96 Å². The zero-order valence-electron chi connectivity index (χ0n) is 12.9. The topological polar surface area (TPSA) is 73.8 Å². The number of aliphatic imine (C=N–C) groups is 1. The monoisotopic (exact) mass is 322 g/mol. The molecule has 120 valence electrons. The second kappa shape index (κ2) is 5.89. The van der Waals surface area contributed by atoms with Crippen LogP contribution in [0.4, 0.5) is 5.69 Å². The Balaban J connectivity index is 1.90. The molecule has 6 nitrogen and oxygen atoms in total. The van der Waals surface area contributed by atoms with Crippen molar-refractivity contribution in [1.29, 1.82) is 0 Å². The molecule has 0 spiro atoms. The third-order valence-corrected chi connectivity index (χ3v) is 5.71. The molecule has 0 aromatic heterocycles. The molecule has 1 aromatic rings. The zero-order valence-corrected chi connectivity index (χ0v) is 13.7. The van der Waals surface area contributed by atoms with E-state index in [0.29, 0.717) is 17.7 Å². The SMILES string of the molecule is CN(C)[C@@H]1CCCC[C@H]1N=C1Nc2ccccc2S(=O)(=O)N1. The van der Waals surface area contributed by atoms with Crippen LogP contribution in [-0.2, 0) is 10.0 Å². The lowest BCUT2D eigenvalue weighted by atomic mass is 9.90. The quantitative estimate of drug-likeness (QED) is 0.868. The van der Waals surface area contributed by atoms with Crippen LogP contribution in [0.1, 0.15) is 25.7 Å². The van der Waals surface area contributed by atoms with Gasteiger partial charge in [0.25, 0.3) is 10.0 Å². The summed E-state index contributed by atoms with van der Waals surface area (Å²) in [5.41, 5.74) is 0.581. The first-order valence-corrected chi connectivity index (χ1v) is 9.09. The molecule has 0 radical (unpaired) electrons. The molecular formula is C15H22N4O2S. The number of sulfonamides is 1. The van der Waals surface area contributed by atoms with E-state index in [4.69, 9.17) is 0 Å². The standard InChI is InChI=1S/C15H22N4O2S/c1-19(2)13-9-5-3-7-11(13)16-15-17-12-8-4-6-10-14(12)22(20,21)18-15/h4,6,8,10-11,13H,3,5,7,9H2,1-2H3,(H2,16,17,18)/t11-,13-/m1/s1. The highest BCUT2D eigenvalue weighted by atomic mass is 32.2. The highest BCUT2D eigenvalue weighted by Crippen LogP contribution is 2.27. The van der Waals surface area contributed by atoms with E-state index in [-0.39, 0.29) is 10.9 Å². The average Bonchev–Trinajstić information content (AvgIpc) is 2.47. The lowest BCUT2D eigenvalue weighted by Gasteiger charge is -2.34. The van der Waals surface area contributed by atoms with Crippen LogP contribution in [0.3, 0.4) is 0 Å². The van der Waals surface area contributed by atoms with Crippen LogP contribution in [0.25, 0.3) is 0 Å². The molecule has 1 heterocycles. The summed E-state index contributed by atoms with van der Waals surface area (Å²) in [5, 5.41) is 3.10. The number of anilines is 1. The van der Waals surface area contributed by atoms with E-state index < -0.39 is 10.0 Å².